The summed E-state index contributed by atoms with van der Waals surface area (Å²) in [6, 6.07) is 8.45. The van der Waals surface area contributed by atoms with Gasteiger partial charge in [-0.3, -0.25) is 4.79 Å². The Morgan fingerprint density at radius 3 is 1.97 bits per heavy atom. The van der Waals surface area contributed by atoms with Crippen molar-refractivity contribution in [1.82, 2.24) is 0 Å². The Labute approximate surface area is 166 Å². The van der Waals surface area contributed by atoms with Crippen molar-refractivity contribution in [2.75, 3.05) is 13.2 Å². The standard InChI is InChI=1S/C19H15F5O6/c1-19(8-25,9-29-18(27)28-7-10-5-3-2-4-6-10)17(26)30-16-14(23)12(21)11(20)13(22)15(16)24/h2-6,25H,7-9H2,1H3. The van der Waals surface area contributed by atoms with Gasteiger partial charge in [0.1, 0.15) is 18.6 Å². The molecule has 0 saturated carbocycles. The third kappa shape index (κ3) is 5.03. The summed E-state index contributed by atoms with van der Waals surface area (Å²) in [7, 11) is 0. The third-order valence-corrected chi connectivity index (χ3v) is 3.91. The van der Waals surface area contributed by atoms with E-state index in [-0.39, 0.29) is 6.61 Å². The number of hydrogen-bond acceptors (Lipinski definition) is 6. The number of aliphatic hydroxyl groups is 1. The molecule has 162 valence electrons. The van der Waals surface area contributed by atoms with E-state index in [4.69, 9.17) is 4.74 Å². The van der Waals surface area contributed by atoms with Crippen molar-refractivity contribution in [3.05, 3.63) is 65.0 Å². The monoisotopic (exact) mass is 434 g/mol. The van der Waals surface area contributed by atoms with E-state index >= 15 is 0 Å². The highest BCUT2D eigenvalue weighted by Gasteiger charge is 2.39. The van der Waals surface area contributed by atoms with Crippen LogP contribution in [-0.4, -0.2) is 30.4 Å². The van der Waals surface area contributed by atoms with Crippen LogP contribution in [0.1, 0.15) is 12.5 Å². The molecule has 11 heteroatoms. The number of halogens is 5. The molecule has 1 unspecified atom stereocenters. The Bertz CT molecular complexity index is 908. The summed E-state index contributed by atoms with van der Waals surface area (Å²) >= 11 is 0. The summed E-state index contributed by atoms with van der Waals surface area (Å²) in [6.45, 7) is -1.10. The highest BCUT2D eigenvalue weighted by atomic mass is 19.2. The van der Waals surface area contributed by atoms with Crippen molar-refractivity contribution >= 4 is 12.1 Å². The van der Waals surface area contributed by atoms with Gasteiger partial charge in [0.2, 0.25) is 34.8 Å². The summed E-state index contributed by atoms with van der Waals surface area (Å²) in [6.07, 6.45) is -1.23. The number of carbonyl (C=O) groups excluding carboxylic acids is 2. The van der Waals surface area contributed by atoms with Gasteiger partial charge in [-0.2, -0.15) is 8.78 Å². The van der Waals surface area contributed by atoms with Gasteiger partial charge in [0.15, 0.2) is 0 Å². The molecule has 30 heavy (non-hydrogen) atoms. The Balaban J connectivity index is 2.05. The SMILES string of the molecule is CC(CO)(COC(=O)OCc1ccccc1)C(=O)Oc1c(F)c(F)c(F)c(F)c1F. The van der Waals surface area contributed by atoms with Crippen LogP contribution in [0.3, 0.4) is 0 Å². The summed E-state index contributed by atoms with van der Waals surface area (Å²) in [5.74, 6) is -15.3. The van der Waals surface area contributed by atoms with Gasteiger partial charge >= 0.3 is 12.1 Å². The molecule has 0 aliphatic carbocycles. The van der Waals surface area contributed by atoms with Crippen LogP contribution < -0.4 is 4.74 Å². The summed E-state index contributed by atoms with van der Waals surface area (Å²) in [5, 5.41) is 9.42. The number of benzene rings is 2. The van der Waals surface area contributed by atoms with Crippen LogP contribution in [0.15, 0.2) is 30.3 Å². The molecule has 0 heterocycles. The van der Waals surface area contributed by atoms with Crippen molar-refractivity contribution < 1.29 is 50.9 Å². The number of hydrogen-bond donors (Lipinski definition) is 1. The largest absolute Gasteiger partial charge is 0.508 e. The number of ether oxygens (including phenoxy) is 3. The Morgan fingerprint density at radius 2 is 1.43 bits per heavy atom. The molecule has 2 aromatic carbocycles. The second kappa shape index (κ2) is 9.53. The molecule has 0 fully saturated rings. The maximum atomic E-state index is 13.7. The van der Waals surface area contributed by atoms with Crippen LogP contribution in [0.5, 0.6) is 5.75 Å². The van der Waals surface area contributed by atoms with Crippen molar-refractivity contribution in [2.45, 2.75) is 13.5 Å². The molecular formula is C19H15F5O6. The molecule has 1 atom stereocenters. The molecular weight excluding hydrogens is 419 g/mol. The smallest absolute Gasteiger partial charge is 0.433 e. The van der Waals surface area contributed by atoms with E-state index in [1.54, 1.807) is 30.3 Å². The van der Waals surface area contributed by atoms with Crippen LogP contribution in [0.4, 0.5) is 26.7 Å². The van der Waals surface area contributed by atoms with E-state index in [1.165, 1.54) is 0 Å². The zero-order chi connectivity index (χ0) is 22.5. The first kappa shape index (κ1) is 23.1. The van der Waals surface area contributed by atoms with E-state index in [0.29, 0.717) is 5.56 Å². The first-order chi connectivity index (χ1) is 14.1. The third-order valence-electron chi connectivity index (χ3n) is 3.91. The van der Waals surface area contributed by atoms with Gasteiger partial charge < -0.3 is 19.3 Å². The molecule has 0 bridgehead atoms. The van der Waals surface area contributed by atoms with Crippen molar-refractivity contribution in [2.24, 2.45) is 5.41 Å². The predicted molar refractivity (Wildman–Crippen MR) is 89.6 cm³/mol. The van der Waals surface area contributed by atoms with E-state index in [2.05, 4.69) is 9.47 Å². The van der Waals surface area contributed by atoms with Crippen molar-refractivity contribution in [3.63, 3.8) is 0 Å². The van der Waals surface area contributed by atoms with Crippen molar-refractivity contribution in [3.8, 4) is 5.75 Å². The Hall–Kier alpha value is -3.21. The van der Waals surface area contributed by atoms with Crippen LogP contribution in [0.2, 0.25) is 0 Å². The predicted octanol–water partition coefficient (Wildman–Crippen LogP) is 3.64. The number of esters is 1. The first-order valence-electron chi connectivity index (χ1n) is 8.28. The molecule has 1 N–H and O–H groups in total. The molecule has 2 aromatic rings. The van der Waals surface area contributed by atoms with E-state index in [0.717, 1.165) is 6.92 Å². The highest BCUT2D eigenvalue weighted by Crippen LogP contribution is 2.31. The molecule has 0 aromatic heterocycles. The molecule has 0 amide bonds. The Kier molecular flexibility index (Phi) is 7.33. The quantitative estimate of drug-likeness (QED) is 0.236. The minimum absolute atomic E-state index is 0.162. The fraction of sp³-hybridized carbons (Fsp3) is 0.263. The molecule has 0 spiro atoms. The maximum absolute atomic E-state index is 13.7. The first-order valence-corrected chi connectivity index (χ1v) is 8.28. The molecule has 0 saturated heterocycles. The maximum Gasteiger partial charge on any atom is 0.508 e. The van der Waals surface area contributed by atoms with Gasteiger partial charge in [0.05, 0.1) is 6.61 Å². The second-order valence-electron chi connectivity index (χ2n) is 6.32. The lowest BCUT2D eigenvalue weighted by Crippen LogP contribution is -2.40. The lowest BCUT2D eigenvalue weighted by Gasteiger charge is -2.24. The minimum Gasteiger partial charge on any atom is -0.433 e. The highest BCUT2D eigenvalue weighted by molar-refractivity contribution is 5.79. The topological polar surface area (TPSA) is 82.1 Å². The zero-order valence-electron chi connectivity index (χ0n) is 15.4. The van der Waals surface area contributed by atoms with Crippen molar-refractivity contribution in [1.29, 1.82) is 0 Å². The second-order valence-corrected chi connectivity index (χ2v) is 6.32. The number of rotatable bonds is 7. The molecule has 0 radical (unpaired) electrons. The van der Waals surface area contributed by atoms with Crippen LogP contribution >= 0.6 is 0 Å². The van der Waals surface area contributed by atoms with Crippen LogP contribution in [0, 0.1) is 34.5 Å². The number of aliphatic hydroxyl groups excluding tert-OH is 1. The molecule has 2 rings (SSSR count). The van der Waals surface area contributed by atoms with Crippen LogP contribution in [-0.2, 0) is 20.9 Å². The van der Waals surface area contributed by atoms with E-state index < -0.39 is 65.6 Å². The zero-order valence-corrected chi connectivity index (χ0v) is 15.4. The lowest BCUT2D eigenvalue weighted by molar-refractivity contribution is -0.151. The fourth-order valence-corrected chi connectivity index (χ4v) is 2.04. The summed E-state index contributed by atoms with van der Waals surface area (Å²) in [4.78, 5) is 23.8. The van der Waals surface area contributed by atoms with Gasteiger partial charge in [-0.25, -0.2) is 18.0 Å². The van der Waals surface area contributed by atoms with Crippen LogP contribution in [0.25, 0.3) is 0 Å². The van der Waals surface area contributed by atoms with Gasteiger partial charge in [-0.1, -0.05) is 30.3 Å². The van der Waals surface area contributed by atoms with Gasteiger partial charge in [-0.15, -0.1) is 0 Å². The van der Waals surface area contributed by atoms with Gasteiger partial charge in [0, 0.05) is 0 Å². The normalized spacial score (nSPS) is 12.8. The average Bonchev–Trinajstić information content (AvgIpc) is 2.76. The average molecular weight is 434 g/mol. The Morgan fingerprint density at radius 1 is 0.900 bits per heavy atom. The van der Waals surface area contributed by atoms with Gasteiger partial charge in [0.25, 0.3) is 0 Å². The summed E-state index contributed by atoms with van der Waals surface area (Å²) < 4.78 is 80.6. The fourth-order valence-electron chi connectivity index (χ4n) is 2.04. The minimum atomic E-state index is -2.43. The molecule has 6 nitrogen and oxygen atoms in total. The van der Waals surface area contributed by atoms with E-state index in [9.17, 15) is 36.6 Å². The summed E-state index contributed by atoms with van der Waals surface area (Å²) in [5.41, 5.74) is -1.46. The molecule has 0 aliphatic rings. The van der Waals surface area contributed by atoms with Gasteiger partial charge in [-0.05, 0) is 12.5 Å². The molecule has 0 aliphatic heterocycles. The number of carbonyl (C=O) groups is 2. The lowest BCUT2D eigenvalue weighted by atomic mass is 9.93. The van der Waals surface area contributed by atoms with E-state index in [1.807, 2.05) is 0 Å².